The fourth-order valence-electron chi connectivity index (χ4n) is 1.93. The van der Waals surface area contributed by atoms with Crippen molar-refractivity contribution in [1.29, 1.82) is 0 Å². The van der Waals surface area contributed by atoms with Crippen molar-refractivity contribution in [1.82, 2.24) is 26.1 Å². The highest BCUT2D eigenvalue weighted by Crippen LogP contribution is 2.29. The molecule has 4 N–H and O–H groups in total. The summed E-state index contributed by atoms with van der Waals surface area (Å²) in [5.74, 6) is -0.988. The normalized spacial score (nSPS) is 13.2. The van der Waals surface area contributed by atoms with Gasteiger partial charge in [-0.3, -0.25) is 19.5 Å². The van der Waals surface area contributed by atoms with Crippen LogP contribution in [0.1, 0.15) is 31.3 Å². The van der Waals surface area contributed by atoms with Crippen LogP contribution in [-0.2, 0) is 0 Å². The Morgan fingerprint density at radius 1 is 1.26 bits per heavy atom. The number of carbonyl (C=O) groups excluding carboxylic acids is 4. The predicted octanol–water partition coefficient (Wildman–Crippen LogP) is -0.306. The molecule has 0 atom stereocenters. The van der Waals surface area contributed by atoms with Crippen molar-refractivity contribution in [3.05, 3.63) is 27.9 Å². The van der Waals surface area contributed by atoms with Gasteiger partial charge in [0.2, 0.25) is 11.6 Å². The monoisotopic (exact) mass is 337 g/mol. The molecule has 0 bridgehead atoms. The molecule has 1 heterocycles. The van der Waals surface area contributed by atoms with Crippen molar-refractivity contribution < 1.29 is 19.2 Å². The SMILES string of the molecule is CNC(=O)NCCSC1=CC(=O)c2n[nH]c(C(=O)NC)c2C1=O. The number of urea groups is 1. The number of carbonyl (C=O) groups is 4. The van der Waals surface area contributed by atoms with Crippen LogP contribution in [0.4, 0.5) is 4.79 Å². The summed E-state index contributed by atoms with van der Waals surface area (Å²) in [7, 11) is 2.91. The van der Waals surface area contributed by atoms with Crippen LogP contribution in [0.25, 0.3) is 0 Å². The largest absolute Gasteiger partial charge is 0.354 e. The number of aromatic amines is 1. The Labute approximate surface area is 135 Å². The molecule has 9 nitrogen and oxygen atoms in total. The summed E-state index contributed by atoms with van der Waals surface area (Å²) in [6.07, 6.45) is 1.20. The number of ketones is 2. The summed E-state index contributed by atoms with van der Waals surface area (Å²) >= 11 is 1.13. The van der Waals surface area contributed by atoms with Crippen molar-refractivity contribution >= 4 is 35.3 Å². The van der Waals surface area contributed by atoms with Gasteiger partial charge in [-0.15, -0.1) is 11.8 Å². The zero-order valence-electron chi connectivity index (χ0n) is 12.5. The number of amides is 3. The van der Waals surface area contributed by atoms with E-state index in [1.807, 2.05) is 0 Å². The third-order valence-electron chi connectivity index (χ3n) is 3.04. The van der Waals surface area contributed by atoms with Gasteiger partial charge in [0.1, 0.15) is 11.4 Å². The second kappa shape index (κ2) is 7.09. The van der Waals surface area contributed by atoms with Crippen molar-refractivity contribution in [2.45, 2.75) is 0 Å². The van der Waals surface area contributed by atoms with E-state index in [2.05, 4.69) is 26.1 Å². The first-order chi connectivity index (χ1) is 11.0. The van der Waals surface area contributed by atoms with Gasteiger partial charge < -0.3 is 16.0 Å². The molecule has 1 aliphatic rings. The van der Waals surface area contributed by atoms with Crippen LogP contribution in [0.3, 0.4) is 0 Å². The Bertz CT molecular complexity index is 709. The van der Waals surface area contributed by atoms with Crippen LogP contribution < -0.4 is 16.0 Å². The van der Waals surface area contributed by atoms with E-state index >= 15 is 0 Å². The van der Waals surface area contributed by atoms with Gasteiger partial charge in [0.25, 0.3) is 5.91 Å². The van der Waals surface area contributed by atoms with E-state index in [9.17, 15) is 19.2 Å². The minimum absolute atomic E-state index is 0.0152. The van der Waals surface area contributed by atoms with E-state index in [0.29, 0.717) is 12.3 Å². The lowest BCUT2D eigenvalue weighted by Gasteiger charge is -2.12. The molecule has 0 spiro atoms. The van der Waals surface area contributed by atoms with E-state index in [1.165, 1.54) is 20.2 Å². The molecule has 2 rings (SSSR count). The predicted molar refractivity (Wildman–Crippen MR) is 83.6 cm³/mol. The lowest BCUT2D eigenvalue weighted by Crippen LogP contribution is -2.34. The molecule has 0 fully saturated rings. The average molecular weight is 337 g/mol. The first-order valence-corrected chi connectivity index (χ1v) is 7.67. The van der Waals surface area contributed by atoms with Gasteiger partial charge in [0, 0.05) is 32.5 Å². The topological polar surface area (TPSA) is 133 Å². The van der Waals surface area contributed by atoms with Gasteiger partial charge in [-0.2, -0.15) is 5.10 Å². The zero-order valence-corrected chi connectivity index (χ0v) is 13.3. The number of nitrogens with one attached hydrogen (secondary N) is 4. The number of thioether (sulfide) groups is 1. The molecule has 0 unspecified atom stereocenters. The molecule has 122 valence electrons. The molecule has 0 saturated heterocycles. The van der Waals surface area contributed by atoms with Crippen molar-refractivity contribution in [2.24, 2.45) is 0 Å². The fraction of sp³-hybridized carbons (Fsp3) is 0.308. The molecule has 23 heavy (non-hydrogen) atoms. The maximum atomic E-state index is 12.5. The number of rotatable bonds is 5. The molecule has 0 aliphatic heterocycles. The van der Waals surface area contributed by atoms with Gasteiger partial charge in [-0.25, -0.2) is 4.79 Å². The Morgan fingerprint density at radius 2 is 2.00 bits per heavy atom. The molecule has 1 aromatic rings. The summed E-state index contributed by atoms with van der Waals surface area (Å²) in [5, 5.41) is 13.5. The second-order valence-electron chi connectivity index (χ2n) is 4.46. The number of Topliss-reactive ketones (excluding diaryl/α,β-unsaturated/α-hetero) is 1. The fourth-order valence-corrected chi connectivity index (χ4v) is 2.78. The number of fused-ring (bicyclic) bond motifs is 1. The first kappa shape index (κ1) is 16.7. The number of hydrogen-bond acceptors (Lipinski definition) is 6. The molecule has 0 aromatic carbocycles. The van der Waals surface area contributed by atoms with E-state index in [-0.39, 0.29) is 27.9 Å². The van der Waals surface area contributed by atoms with Gasteiger partial charge in [-0.1, -0.05) is 0 Å². The van der Waals surface area contributed by atoms with Crippen LogP contribution >= 0.6 is 11.8 Å². The second-order valence-corrected chi connectivity index (χ2v) is 5.59. The van der Waals surface area contributed by atoms with Gasteiger partial charge in [0.05, 0.1) is 10.5 Å². The lowest BCUT2D eigenvalue weighted by atomic mass is 9.99. The summed E-state index contributed by atoms with van der Waals surface area (Å²) in [6, 6.07) is -0.329. The zero-order chi connectivity index (χ0) is 17.0. The Hall–Kier alpha value is -2.62. The van der Waals surface area contributed by atoms with E-state index < -0.39 is 17.5 Å². The highest BCUT2D eigenvalue weighted by Gasteiger charge is 2.33. The molecule has 1 aliphatic carbocycles. The Balaban J connectivity index is 2.11. The van der Waals surface area contributed by atoms with Crippen LogP contribution in [-0.4, -0.2) is 60.1 Å². The van der Waals surface area contributed by atoms with Crippen LogP contribution in [0, 0.1) is 0 Å². The molecule has 0 saturated carbocycles. The summed E-state index contributed by atoms with van der Waals surface area (Å²) < 4.78 is 0. The standard InChI is InChI=1S/C13H15N5O4S/c1-14-12(21)10-8-9(17-18-10)6(19)5-7(11(8)20)23-4-3-16-13(22)15-2/h5H,3-4H2,1-2H3,(H,14,21)(H,17,18)(H2,15,16,22). The Kier molecular flexibility index (Phi) is 5.16. The molecule has 1 aromatic heterocycles. The van der Waals surface area contributed by atoms with E-state index in [1.54, 1.807) is 0 Å². The van der Waals surface area contributed by atoms with Gasteiger partial charge in [0.15, 0.2) is 0 Å². The average Bonchev–Trinajstić information content (AvgIpc) is 3.00. The maximum absolute atomic E-state index is 12.5. The van der Waals surface area contributed by atoms with Gasteiger partial charge >= 0.3 is 6.03 Å². The minimum Gasteiger partial charge on any atom is -0.354 e. The number of allylic oxidation sites excluding steroid dienone is 2. The van der Waals surface area contributed by atoms with Gasteiger partial charge in [-0.05, 0) is 0 Å². The van der Waals surface area contributed by atoms with Crippen LogP contribution in [0.5, 0.6) is 0 Å². The smallest absolute Gasteiger partial charge is 0.314 e. The molecule has 10 heteroatoms. The van der Waals surface area contributed by atoms with Crippen LogP contribution in [0.2, 0.25) is 0 Å². The molecule has 0 radical (unpaired) electrons. The van der Waals surface area contributed by atoms with E-state index in [4.69, 9.17) is 0 Å². The third kappa shape index (κ3) is 3.42. The first-order valence-electron chi connectivity index (χ1n) is 6.69. The summed E-state index contributed by atoms with van der Waals surface area (Å²) in [5.41, 5.74) is -0.101. The maximum Gasteiger partial charge on any atom is 0.314 e. The quantitative estimate of drug-likeness (QED) is 0.545. The number of hydrogen-bond donors (Lipinski definition) is 4. The summed E-state index contributed by atoms with van der Waals surface area (Å²) in [6.45, 7) is 0.323. The van der Waals surface area contributed by atoms with Crippen molar-refractivity contribution in [3.8, 4) is 0 Å². The highest BCUT2D eigenvalue weighted by atomic mass is 32.2. The van der Waals surface area contributed by atoms with Crippen LogP contribution in [0.15, 0.2) is 11.0 Å². The highest BCUT2D eigenvalue weighted by molar-refractivity contribution is 8.04. The minimum atomic E-state index is -0.521. The molecular weight excluding hydrogens is 322 g/mol. The number of H-pyrrole nitrogens is 1. The lowest BCUT2D eigenvalue weighted by molar-refractivity contribution is 0.0945. The van der Waals surface area contributed by atoms with E-state index in [0.717, 1.165) is 11.8 Å². The van der Waals surface area contributed by atoms with Crippen molar-refractivity contribution in [2.75, 3.05) is 26.4 Å². The molecule has 3 amide bonds. The number of aromatic nitrogens is 2. The number of nitrogens with zero attached hydrogens (tertiary/aromatic N) is 1. The summed E-state index contributed by atoms with van der Waals surface area (Å²) in [4.78, 5) is 47.5. The Morgan fingerprint density at radius 3 is 2.65 bits per heavy atom. The third-order valence-corrected chi connectivity index (χ3v) is 4.06. The molecular formula is C13H15N5O4S. The van der Waals surface area contributed by atoms with Crippen molar-refractivity contribution in [3.63, 3.8) is 0 Å².